The Labute approximate surface area is 159 Å². The van der Waals surface area contributed by atoms with Gasteiger partial charge in [-0.25, -0.2) is 4.79 Å². The van der Waals surface area contributed by atoms with Crippen LogP contribution in [0, 0.1) is 0 Å². The fraction of sp³-hybridized carbons (Fsp3) is 0. The highest BCUT2D eigenvalue weighted by Crippen LogP contribution is 2.32. The lowest BCUT2D eigenvalue weighted by molar-refractivity contribution is 0.0698. The fourth-order valence-electron chi connectivity index (χ4n) is 3.04. The number of rotatable bonds is 4. The number of carbonyl (C=O) groups is 2. The molecule has 5 heteroatoms. The molecule has 0 aliphatic rings. The molecule has 1 amide bonds. The summed E-state index contributed by atoms with van der Waals surface area (Å²) in [7, 11) is 0. The predicted molar refractivity (Wildman–Crippen MR) is 109 cm³/mol. The quantitative estimate of drug-likeness (QED) is 0.495. The fourth-order valence-corrected chi connectivity index (χ4v) is 3.84. The molecule has 0 unspecified atom stereocenters. The number of para-hydroxylation sites is 1. The van der Waals surface area contributed by atoms with Gasteiger partial charge in [-0.2, -0.15) is 0 Å². The average molecular weight is 373 g/mol. The van der Waals surface area contributed by atoms with Crippen LogP contribution in [0.25, 0.3) is 21.9 Å². The maximum absolute atomic E-state index is 12.6. The van der Waals surface area contributed by atoms with E-state index in [9.17, 15) is 14.7 Å². The van der Waals surface area contributed by atoms with Crippen LogP contribution in [0.15, 0.2) is 78.2 Å². The van der Waals surface area contributed by atoms with Gasteiger partial charge in [-0.15, -0.1) is 11.3 Å². The SMILES string of the molecule is O=C(Nc1ccccc1C(=O)O)c1cc(-c2cccc3ccccc23)cs1. The molecule has 1 aromatic heterocycles. The molecule has 0 spiro atoms. The molecule has 0 fully saturated rings. The van der Waals surface area contributed by atoms with E-state index in [2.05, 4.69) is 23.5 Å². The zero-order valence-corrected chi connectivity index (χ0v) is 15.0. The maximum Gasteiger partial charge on any atom is 0.337 e. The Morgan fingerprint density at radius 1 is 0.889 bits per heavy atom. The van der Waals surface area contributed by atoms with E-state index < -0.39 is 5.97 Å². The van der Waals surface area contributed by atoms with E-state index in [1.54, 1.807) is 18.2 Å². The smallest absolute Gasteiger partial charge is 0.337 e. The molecule has 2 N–H and O–H groups in total. The van der Waals surface area contributed by atoms with Crippen molar-refractivity contribution in [1.29, 1.82) is 0 Å². The Bertz CT molecular complexity index is 1160. The molecule has 3 aromatic carbocycles. The van der Waals surface area contributed by atoms with E-state index in [1.165, 1.54) is 17.4 Å². The number of hydrogen-bond donors (Lipinski definition) is 2. The first-order valence-electron chi connectivity index (χ1n) is 8.34. The molecular formula is C22H15NO3S. The van der Waals surface area contributed by atoms with Gasteiger partial charge in [0.05, 0.1) is 16.1 Å². The normalized spacial score (nSPS) is 10.7. The minimum atomic E-state index is -1.08. The van der Waals surface area contributed by atoms with Crippen molar-refractivity contribution in [3.05, 3.63) is 88.6 Å². The highest BCUT2D eigenvalue weighted by molar-refractivity contribution is 7.12. The van der Waals surface area contributed by atoms with Crippen LogP contribution in [0.4, 0.5) is 5.69 Å². The summed E-state index contributed by atoms with van der Waals surface area (Å²) >= 11 is 1.34. The molecule has 132 valence electrons. The summed E-state index contributed by atoms with van der Waals surface area (Å²) in [5.74, 6) is -1.39. The van der Waals surface area contributed by atoms with Crippen LogP contribution < -0.4 is 5.32 Å². The number of hydrogen-bond acceptors (Lipinski definition) is 3. The minimum Gasteiger partial charge on any atom is -0.478 e. The van der Waals surface area contributed by atoms with Crippen LogP contribution in [0.5, 0.6) is 0 Å². The lowest BCUT2D eigenvalue weighted by atomic mass is 10.0. The minimum absolute atomic E-state index is 0.0664. The summed E-state index contributed by atoms with van der Waals surface area (Å²) in [5.41, 5.74) is 2.38. The van der Waals surface area contributed by atoms with Gasteiger partial charge in [0.15, 0.2) is 0 Å². The molecule has 4 aromatic rings. The summed E-state index contributed by atoms with van der Waals surface area (Å²) in [6, 6.07) is 22.4. The first-order valence-corrected chi connectivity index (χ1v) is 9.22. The van der Waals surface area contributed by atoms with Gasteiger partial charge in [0.1, 0.15) is 0 Å². The van der Waals surface area contributed by atoms with Gasteiger partial charge >= 0.3 is 5.97 Å². The van der Waals surface area contributed by atoms with Crippen molar-refractivity contribution < 1.29 is 14.7 Å². The summed E-state index contributed by atoms with van der Waals surface area (Å²) in [6.07, 6.45) is 0. The van der Waals surface area contributed by atoms with Gasteiger partial charge in [0, 0.05) is 0 Å². The Morgan fingerprint density at radius 3 is 2.48 bits per heavy atom. The van der Waals surface area contributed by atoms with Crippen molar-refractivity contribution in [2.24, 2.45) is 0 Å². The molecular weight excluding hydrogens is 358 g/mol. The molecule has 4 rings (SSSR count). The predicted octanol–water partition coefficient (Wildman–Crippen LogP) is 5.52. The van der Waals surface area contributed by atoms with Gasteiger partial charge < -0.3 is 10.4 Å². The lowest BCUT2D eigenvalue weighted by Gasteiger charge is -2.07. The van der Waals surface area contributed by atoms with Crippen molar-refractivity contribution in [1.82, 2.24) is 0 Å². The van der Waals surface area contributed by atoms with E-state index >= 15 is 0 Å². The number of carbonyl (C=O) groups excluding carboxylic acids is 1. The highest BCUT2D eigenvalue weighted by Gasteiger charge is 2.15. The second kappa shape index (κ2) is 7.05. The van der Waals surface area contributed by atoms with E-state index in [1.807, 2.05) is 35.7 Å². The van der Waals surface area contributed by atoms with Crippen LogP contribution in [0.2, 0.25) is 0 Å². The van der Waals surface area contributed by atoms with Crippen LogP contribution in [0.1, 0.15) is 20.0 Å². The Kier molecular flexibility index (Phi) is 4.44. The molecule has 0 saturated heterocycles. The first kappa shape index (κ1) is 17.0. The highest BCUT2D eigenvalue weighted by atomic mass is 32.1. The van der Waals surface area contributed by atoms with Crippen LogP contribution in [-0.2, 0) is 0 Å². The summed E-state index contributed by atoms with van der Waals surface area (Å²) in [6.45, 7) is 0. The zero-order valence-electron chi connectivity index (χ0n) is 14.2. The number of amides is 1. The van der Waals surface area contributed by atoms with Crippen molar-refractivity contribution in [3.63, 3.8) is 0 Å². The third-order valence-electron chi connectivity index (χ3n) is 4.33. The number of anilines is 1. The van der Waals surface area contributed by atoms with Gasteiger partial charge in [0.2, 0.25) is 0 Å². The van der Waals surface area contributed by atoms with Crippen molar-refractivity contribution in [2.75, 3.05) is 5.32 Å². The number of carboxylic acids is 1. The molecule has 0 bridgehead atoms. The number of carboxylic acid groups (broad SMARTS) is 1. The van der Waals surface area contributed by atoms with Gasteiger partial charge in [0.25, 0.3) is 5.91 Å². The monoisotopic (exact) mass is 373 g/mol. The number of aromatic carboxylic acids is 1. The topological polar surface area (TPSA) is 66.4 Å². The van der Waals surface area contributed by atoms with Gasteiger partial charge in [-0.1, -0.05) is 54.6 Å². The molecule has 0 aliphatic heterocycles. The molecule has 0 aliphatic carbocycles. The third-order valence-corrected chi connectivity index (χ3v) is 5.26. The van der Waals surface area contributed by atoms with E-state index in [0.717, 1.165) is 21.9 Å². The first-order chi connectivity index (χ1) is 13.1. The maximum atomic E-state index is 12.6. The van der Waals surface area contributed by atoms with Crippen LogP contribution >= 0.6 is 11.3 Å². The lowest BCUT2D eigenvalue weighted by Crippen LogP contribution is -2.13. The number of thiophene rings is 1. The number of benzene rings is 3. The molecule has 4 nitrogen and oxygen atoms in total. The van der Waals surface area contributed by atoms with Gasteiger partial charge in [-0.05, 0) is 45.5 Å². The zero-order chi connectivity index (χ0) is 18.8. The standard InChI is InChI=1S/C22H15NO3S/c24-21(23-19-11-4-3-9-18(19)22(25)26)20-12-15(13-27-20)17-10-5-7-14-6-1-2-8-16(14)17/h1-13H,(H,23,24)(H,25,26). The van der Waals surface area contributed by atoms with Crippen molar-refractivity contribution in [2.45, 2.75) is 0 Å². The van der Waals surface area contributed by atoms with E-state index in [-0.39, 0.29) is 17.2 Å². The molecule has 0 atom stereocenters. The Morgan fingerprint density at radius 2 is 1.63 bits per heavy atom. The molecule has 0 radical (unpaired) electrons. The van der Waals surface area contributed by atoms with Gasteiger partial charge in [-0.3, -0.25) is 4.79 Å². The molecule has 0 saturated carbocycles. The molecule has 27 heavy (non-hydrogen) atoms. The second-order valence-corrected chi connectivity index (χ2v) is 6.94. The number of nitrogens with one attached hydrogen (secondary N) is 1. The average Bonchev–Trinajstić information content (AvgIpc) is 3.18. The largest absolute Gasteiger partial charge is 0.478 e. The Hall–Kier alpha value is -3.44. The van der Waals surface area contributed by atoms with Crippen molar-refractivity contribution in [3.8, 4) is 11.1 Å². The summed E-state index contributed by atoms with van der Waals surface area (Å²) < 4.78 is 0. The number of fused-ring (bicyclic) bond motifs is 1. The van der Waals surface area contributed by atoms with Crippen molar-refractivity contribution >= 4 is 39.7 Å². The van der Waals surface area contributed by atoms with E-state index in [4.69, 9.17) is 0 Å². The van der Waals surface area contributed by atoms with Crippen LogP contribution in [0.3, 0.4) is 0 Å². The van der Waals surface area contributed by atoms with E-state index in [0.29, 0.717) is 4.88 Å². The third kappa shape index (κ3) is 3.32. The second-order valence-electron chi connectivity index (χ2n) is 6.03. The molecule has 1 heterocycles. The van der Waals surface area contributed by atoms with Crippen LogP contribution in [-0.4, -0.2) is 17.0 Å². The Balaban J connectivity index is 1.65. The summed E-state index contributed by atoms with van der Waals surface area (Å²) in [4.78, 5) is 24.4. The summed E-state index contributed by atoms with van der Waals surface area (Å²) in [5, 5.41) is 16.2.